The largest absolute Gasteiger partial charge is 0.462 e. The Hall–Kier alpha value is -2.27. The van der Waals surface area contributed by atoms with Gasteiger partial charge < -0.3 is 15.2 Å². The van der Waals surface area contributed by atoms with Crippen LogP contribution in [0.3, 0.4) is 0 Å². The number of pyridine rings is 1. The smallest absolute Gasteiger partial charge is 0.342 e. The SMILES string of the molecule is CCOC(=O)c1cc(N)cc(Cl)c1Oc1ccc(C)nc1. The molecule has 6 heteroatoms. The molecule has 0 saturated carbocycles. The Morgan fingerprint density at radius 1 is 1.38 bits per heavy atom. The first-order valence-electron chi connectivity index (χ1n) is 6.38. The fourth-order valence-corrected chi connectivity index (χ4v) is 1.98. The second-order valence-corrected chi connectivity index (χ2v) is 4.74. The predicted molar refractivity (Wildman–Crippen MR) is 80.9 cm³/mol. The molecule has 2 aromatic rings. The number of benzene rings is 1. The van der Waals surface area contributed by atoms with Crippen molar-refractivity contribution >= 4 is 23.3 Å². The molecule has 0 spiro atoms. The molecule has 21 heavy (non-hydrogen) atoms. The number of halogens is 1. The van der Waals surface area contributed by atoms with Gasteiger partial charge >= 0.3 is 5.97 Å². The highest BCUT2D eigenvalue weighted by atomic mass is 35.5. The molecule has 0 aliphatic carbocycles. The third kappa shape index (κ3) is 3.64. The van der Waals surface area contributed by atoms with Crippen LogP contribution in [0.2, 0.25) is 5.02 Å². The molecule has 1 heterocycles. The van der Waals surface area contributed by atoms with Gasteiger partial charge in [-0.05, 0) is 38.1 Å². The summed E-state index contributed by atoms with van der Waals surface area (Å²) in [4.78, 5) is 16.1. The second kappa shape index (κ2) is 6.45. The quantitative estimate of drug-likeness (QED) is 0.690. The summed E-state index contributed by atoms with van der Waals surface area (Å²) in [5.74, 6) is 0.134. The summed E-state index contributed by atoms with van der Waals surface area (Å²) in [6.07, 6.45) is 1.55. The van der Waals surface area contributed by atoms with E-state index in [2.05, 4.69) is 4.98 Å². The molecule has 0 fully saturated rings. The number of anilines is 1. The van der Waals surface area contributed by atoms with Gasteiger partial charge in [0.05, 0.1) is 17.8 Å². The zero-order chi connectivity index (χ0) is 15.4. The highest BCUT2D eigenvalue weighted by Crippen LogP contribution is 2.35. The van der Waals surface area contributed by atoms with E-state index in [4.69, 9.17) is 26.8 Å². The molecule has 0 aliphatic rings. The van der Waals surface area contributed by atoms with Gasteiger partial charge in [-0.1, -0.05) is 11.6 Å². The highest BCUT2D eigenvalue weighted by molar-refractivity contribution is 6.33. The normalized spacial score (nSPS) is 10.2. The summed E-state index contributed by atoms with van der Waals surface area (Å²) in [6.45, 7) is 3.83. The summed E-state index contributed by atoms with van der Waals surface area (Å²) in [6, 6.07) is 6.52. The minimum Gasteiger partial charge on any atom is -0.462 e. The Morgan fingerprint density at radius 3 is 2.76 bits per heavy atom. The van der Waals surface area contributed by atoms with Crippen LogP contribution in [-0.2, 0) is 4.74 Å². The lowest BCUT2D eigenvalue weighted by Crippen LogP contribution is -2.08. The standard InChI is InChI=1S/C15H15ClN2O3/c1-3-20-15(19)12-6-10(17)7-13(16)14(12)21-11-5-4-9(2)18-8-11/h4-8H,3,17H2,1-2H3. The summed E-state index contributed by atoms with van der Waals surface area (Å²) in [7, 11) is 0. The lowest BCUT2D eigenvalue weighted by molar-refractivity contribution is 0.0523. The maximum atomic E-state index is 12.0. The lowest BCUT2D eigenvalue weighted by atomic mass is 10.1. The fourth-order valence-electron chi connectivity index (χ4n) is 1.71. The van der Waals surface area contributed by atoms with Crippen LogP contribution in [0.25, 0.3) is 0 Å². The van der Waals surface area contributed by atoms with E-state index in [0.29, 0.717) is 11.4 Å². The molecule has 0 amide bonds. The van der Waals surface area contributed by atoms with Crippen molar-refractivity contribution in [1.29, 1.82) is 0 Å². The van der Waals surface area contributed by atoms with Gasteiger partial charge in [-0.25, -0.2) is 4.79 Å². The van der Waals surface area contributed by atoms with Crippen molar-refractivity contribution < 1.29 is 14.3 Å². The number of hydrogen-bond donors (Lipinski definition) is 1. The first-order chi connectivity index (χ1) is 10.0. The molecule has 0 radical (unpaired) electrons. The summed E-state index contributed by atoms with van der Waals surface area (Å²) < 4.78 is 10.7. The van der Waals surface area contributed by atoms with E-state index in [9.17, 15) is 4.79 Å². The van der Waals surface area contributed by atoms with Gasteiger partial charge in [-0.15, -0.1) is 0 Å². The van der Waals surface area contributed by atoms with E-state index in [1.165, 1.54) is 12.1 Å². The first-order valence-corrected chi connectivity index (χ1v) is 6.75. The molecule has 2 N–H and O–H groups in total. The third-order valence-electron chi connectivity index (χ3n) is 2.67. The molecule has 0 atom stereocenters. The van der Waals surface area contributed by atoms with Crippen molar-refractivity contribution in [3.63, 3.8) is 0 Å². The molecule has 2 rings (SSSR count). The monoisotopic (exact) mass is 306 g/mol. The number of nitrogen functional groups attached to an aromatic ring is 1. The molecular weight excluding hydrogens is 292 g/mol. The van der Waals surface area contributed by atoms with Gasteiger partial charge in [0.25, 0.3) is 0 Å². The summed E-state index contributed by atoms with van der Waals surface area (Å²) >= 11 is 6.13. The van der Waals surface area contributed by atoms with Crippen LogP contribution in [0.5, 0.6) is 11.5 Å². The van der Waals surface area contributed by atoms with Crippen molar-refractivity contribution in [2.24, 2.45) is 0 Å². The van der Waals surface area contributed by atoms with Gasteiger partial charge in [0.15, 0.2) is 5.75 Å². The van der Waals surface area contributed by atoms with Gasteiger partial charge in [0.2, 0.25) is 0 Å². The van der Waals surface area contributed by atoms with Crippen LogP contribution >= 0.6 is 11.6 Å². The van der Waals surface area contributed by atoms with Crippen LogP contribution in [0, 0.1) is 6.92 Å². The molecule has 0 saturated heterocycles. The minimum absolute atomic E-state index is 0.183. The van der Waals surface area contributed by atoms with E-state index in [1.54, 1.807) is 25.3 Å². The molecule has 1 aromatic carbocycles. The summed E-state index contributed by atoms with van der Waals surface area (Å²) in [5, 5.41) is 0.235. The molecular formula is C15H15ClN2O3. The molecule has 0 unspecified atom stereocenters. The van der Waals surface area contributed by atoms with Crippen LogP contribution in [-0.4, -0.2) is 17.6 Å². The van der Waals surface area contributed by atoms with E-state index in [-0.39, 0.29) is 22.9 Å². The molecule has 110 valence electrons. The van der Waals surface area contributed by atoms with Crippen molar-refractivity contribution in [3.8, 4) is 11.5 Å². The van der Waals surface area contributed by atoms with Gasteiger partial charge in [-0.3, -0.25) is 4.98 Å². The van der Waals surface area contributed by atoms with Crippen molar-refractivity contribution in [1.82, 2.24) is 4.98 Å². The Morgan fingerprint density at radius 2 is 2.14 bits per heavy atom. The topological polar surface area (TPSA) is 74.4 Å². The molecule has 0 bridgehead atoms. The number of hydrogen-bond acceptors (Lipinski definition) is 5. The number of aromatic nitrogens is 1. The third-order valence-corrected chi connectivity index (χ3v) is 2.95. The average Bonchev–Trinajstić information content (AvgIpc) is 2.44. The van der Waals surface area contributed by atoms with Crippen LogP contribution in [0.15, 0.2) is 30.5 Å². The van der Waals surface area contributed by atoms with E-state index in [0.717, 1.165) is 5.69 Å². The van der Waals surface area contributed by atoms with Crippen LogP contribution in [0.4, 0.5) is 5.69 Å². The maximum Gasteiger partial charge on any atom is 0.342 e. The lowest BCUT2D eigenvalue weighted by Gasteiger charge is -2.13. The zero-order valence-electron chi connectivity index (χ0n) is 11.7. The molecule has 5 nitrogen and oxygen atoms in total. The maximum absolute atomic E-state index is 12.0. The first kappa shape index (κ1) is 15.1. The van der Waals surface area contributed by atoms with Crippen molar-refractivity contribution in [2.45, 2.75) is 13.8 Å². The van der Waals surface area contributed by atoms with E-state index < -0.39 is 5.97 Å². The van der Waals surface area contributed by atoms with E-state index in [1.807, 2.05) is 6.92 Å². The predicted octanol–water partition coefficient (Wildman–Crippen LogP) is 3.59. The highest BCUT2D eigenvalue weighted by Gasteiger charge is 2.19. The zero-order valence-corrected chi connectivity index (χ0v) is 12.5. The number of carbonyl (C=O) groups excluding carboxylic acids is 1. The van der Waals surface area contributed by atoms with Crippen LogP contribution < -0.4 is 10.5 Å². The Labute approximate surface area is 127 Å². The Balaban J connectivity index is 2.41. The molecule has 1 aromatic heterocycles. The van der Waals surface area contributed by atoms with Gasteiger partial charge in [-0.2, -0.15) is 0 Å². The fraction of sp³-hybridized carbons (Fsp3) is 0.200. The van der Waals surface area contributed by atoms with Gasteiger partial charge in [0.1, 0.15) is 11.3 Å². The Bertz CT molecular complexity index is 657. The van der Waals surface area contributed by atoms with Crippen molar-refractivity contribution in [2.75, 3.05) is 12.3 Å². The van der Waals surface area contributed by atoms with Gasteiger partial charge in [0, 0.05) is 11.4 Å². The Kier molecular flexibility index (Phi) is 4.65. The summed E-state index contributed by atoms with van der Waals surface area (Å²) in [5.41, 5.74) is 7.11. The number of rotatable bonds is 4. The minimum atomic E-state index is -0.540. The molecule has 0 aliphatic heterocycles. The number of nitrogens with two attached hydrogens (primary N) is 1. The number of ether oxygens (including phenoxy) is 2. The number of aryl methyl sites for hydroxylation is 1. The number of carbonyl (C=O) groups is 1. The number of nitrogens with zero attached hydrogens (tertiary/aromatic N) is 1. The average molecular weight is 307 g/mol. The number of esters is 1. The van der Waals surface area contributed by atoms with Crippen molar-refractivity contribution in [3.05, 3.63) is 46.7 Å². The van der Waals surface area contributed by atoms with E-state index >= 15 is 0 Å². The van der Waals surface area contributed by atoms with Crippen LogP contribution in [0.1, 0.15) is 23.0 Å². The second-order valence-electron chi connectivity index (χ2n) is 4.34.